The first kappa shape index (κ1) is 12.8. The number of thiazole rings is 1. The lowest BCUT2D eigenvalue weighted by Crippen LogP contribution is -1.80. The molecule has 0 aliphatic rings. The molecule has 2 heterocycles. The Morgan fingerprint density at radius 3 is 2.90 bits per heavy atom. The number of para-hydroxylation sites is 1. The molecule has 0 aliphatic heterocycles. The van der Waals surface area contributed by atoms with Crippen molar-refractivity contribution in [1.29, 1.82) is 0 Å². The molecule has 2 aromatic heterocycles. The summed E-state index contributed by atoms with van der Waals surface area (Å²) in [7, 11) is 0. The number of carbonyl (C=O) groups is 1. The number of hydrogen-bond donors (Lipinski definition) is 0. The van der Waals surface area contributed by atoms with Gasteiger partial charge in [-0.05, 0) is 42.3 Å². The molecule has 0 saturated heterocycles. The van der Waals surface area contributed by atoms with Gasteiger partial charge in [0.25, 0.3) is 0 Å². The van der Waals surface area contributed by atoms with Gasteiger partial charge in [0.1, 0.15) is 12.0 Å². The second-order valence-electron chi connectivity index (χ2n) is 4.38. The summed E-state index contributed by atoms with van der Waals surface area (Å²) in [4.78, 5) is 15.4. The molecule has 0 amide bonds. The van der Waals surface area contributed by atoms with E-state index in [1.807, 2.05) is 43.3 Å². The van der Waals surface area contributed by atoms with Crippen LogP contribution in [0.4, 0.5) is 0 Å². The number of allylic oxidation sites excluding steroid dienone is 1. The predicted octanol–water partition coefficient (Wildman–Crippen LogP) is 4.55. The maximum absolute atomic E-state index is 10.8. The van der Waals surface area contributed by atoms with E-state index in [4.69, 9.17) is 4.42 Å². The smallest absolute Gasteiger partial charge is 0.163 e. The molecule has 0 unspecified atom stereocenters. The van der Waals surface area contributed by atoms with Gasteiger partial charge < -0.3 is 4.42 Å². The van der Waals surface area contributed by atoms with Gasteiger partial charge >= 0.3 is 0 Å². The number of furan rings is 1. The number of aromatic nitrogens is 1. The first-order valence-electron chi connectivity index (χ1n) is 6.41. The van der Waals surface area contributed by atoms with E-state index in [-0.39, 0.29) is 0 Å². The highest BCUT2D eigenvalue weighted by Crippen LogP contribution is 2.31. The minimum Gasteiger partial charge on any atom is -0.454 e. The zero-order valence-electron chi connectivity index (χ0n) is 11.0. The Kier molecular flexibility index (Phi) is 3.48. The van der Waals surface area contributed by atoms with Crippen LogP contribution in [-0.4, -0.2) is 11.3 Å². The van der Waals surface area contributed by atoms with Crippen LogP contribution in [0.15, 0.2) is 46.4 Å². The monoisotopic (exact) mass is 283 g/mol. The molecule has 3 nitrogen and oxygen atoms in total. The quantitative estimate of drug-likeness (QED) is 0.521. The van der Waals surface area contributed by atoms with E-state index in [2.05, 4.69) is 4.98 Å². The molecule has 0 saturated carbocycles. The molecule has 0 aliphatic carbocycles. The molecule has 0 radical (unpaired) electrons. The molecule has 0 atom stereocenters. The Morgan fingerprint density at radius 1 is 1.30 bits per heavy atom. The van der Waals surface area contributed by atoms with Gasteiger partial charge in [-0.25, -0.2) is 4.98 Å². The van der Waals surface area contributed by atoms with Gasteiger partial charge in [0.2, 0.25) is 0 Å². The molecule has 100 valence electrons. The number of benzene rings is 1. The van der Waals surface area contributed by atoms with Gasteiger partial charge in [0.05, 0.1) is 10.2 Å². The molecule has 1 aromatic carbocycles. The zero-order valence-corrected chi connectivity index (χ0v) is 11.8. The Bertz CT molecular complexity index is 749. The van der Waals surface area contributed by atoms with E-state index >= 15 is 0 Å². The van der Waals surface area contributed by atoms with Crippen molar-refractivity contribution in [2.24, 2.45) is 0 Å². The predicted molar refractivity (Wildman–Crippen MR) is 81.7 cm³/mol. The van der Waals surface area contributed by atoms with E-state index < -0.39 is 0 Å². The van der Waals surface area contributed by atoms with E-state index in [1.165, 1.54) is 0 Å². The minimum atomic E-state index is 0.684. The molecule has 3 aromatic rings. The molecular weight excluding hydrogens is 270 g/mol. The summed E-state index contributed by atoms with van der Waals surface area (Å²) in [5.41, 5.74) is 1.69. The van der Waals surface area contributed by atoms with Crippen molar-refractivity contribution >= 4 is 33.9 Å². The van der Waals surface area contributed by atoms with E-state index in [0.29, 0.717) is 12.2 Å². The average Bonchev–Trinajstić information content (AvgIpc) is 3.10. The lowest BCUT2D eigenvalue weighted by atomic mass is 10.2. The number of carbonyl (C=O) groups excluding carboxylic acids is 1. The molecule has 0 N–H and O–H groups in total. The van der Waals surface area contributed by atoms with E-state index in [0.717, 1.165) is 32.8 Å². The minimum absolute atomic E-state index is 0.684. The first-order chi connectivity index (χ1) is 9.80. The second kappa shape index (κ2) is 5.43. The third-order valence-electron chi connectivity index (χ3n) is 3.02. The number of hydrogen-bond acceptors (Lipinski definition) is 4. The maximum atomic E-state index is 10.8. The largest absolute Gasteiger partial charge is 0.454 e. The summed E-state index contributed by atoms with van der Waals surface area (Å²) in [6.45, 7) is 1.94. The van der Waals surface area contributed by atoms with Crippen molar-refractivity contribution in [3.05, 3.63) is 47.7 Å². The number of fused-ring (bicyclic) bond motifs is 1. The van der Waals surface area contributed by atoms with E-state index in [1.54, 1.807) is 17.4 Å². The van der Waals surface area contributed by atoms with Crippen LogP contribution in [0, 0.1) is 0 Å². The number of aldehydes is 1. The highest BCUT2D eigenvalue weighted by Gasteiger charge is 2.09. The number of nitrogens with zero attached hydrogens (tertiary/aromatic N) is 1. The molecule has 20 heavy (non-hydrogen) atoms. The summed E-state index contributed by atoms with van der Waals surface area (Å²) >= 11 is 1.60. The lowest BCUT2D eigenvalue weighted by Gasteiger charge is -1.91. The summed E-state index contributed by atoms with van der Waals surface area (Å²) < 4.78 is 6.88. The first-order valence-corrected chi connectivity index (χ1v) is 7.23. The maximum Gasteiger partial charge on any atom is 0.163 e. The SMILES string of the molecule is CCC(C=O)=Cc1ccc(-c2nc3ccccc3s2)o1. The van der Waals surface area contributed by atoms with Crippen LogP contribution in [0.2, 0.25) is 0 Å². The Hall–Kier alpha value is -2.20. The molecule has 0 bridgehead atoms. The van der Waals surface area contributed by atoms with Crippen LogP contribution in [0.5, 0.6) is 0 Å². The third kappa shape index (κ3) is 2.42. The summed E-state index contributed by atoms with van der Waals surface area (Å²) in [5, 5.41) is 0.856. The van der Waals surface area contributed by atoms with Gasteiger partial charge in [-0.15, -0.1) is 11.3 Å². The fourth-order valence-electron chi connectivity index (χ4n) is 1.93. The standard InChI is InChI=1S/C16H13NO2S/c1-2-11(10-18)9-12-7-8-14(19-12)16-17-13-5-3-4-6-15(13)20-16/h3-10H,2H2,1H3. The fraction of sp³-hybridized carbons (Fsp3) is 0.125. The normalized spacial score (nSPS) is 11.9. The van der Waals surface area contributed by atoms with Crippen LogP contribution in [0.3, 0.4) is 0 Å². The van der Waals surface area contributed by atoms with Gasteiger partial charge in [-0.2, -0.15) is 0 Å². The van der Waals surface area contributed by atoms with Crippen LogP contribution in [0.25, 0.3) is 27.1 Å². The van der Waals surface area contributed by atoms with Gasteiger partial charge in [0, 0.05) is 0 Å². The highest BCUT2D eigenvalue weighted by molar-refractivity contribution is 7.21. The van der Waals surface area contributed by atoms with Gasteiger partial charge in [-0.1, -0.05) is 19.1 Å². The fourth-order valence-corrected chi connectivity index (χ4v) is 2.85. The molecule has 4 heteroatoms. The molecule has 0 fully saturated rings. The van der Waals surface area contributed by atoms with E-state index in [9.17, 15) is 4.79 Å². The lowest BCUT2D eigenvalue weighted by molar-refractivity contribution is -0.104. The van der Waals surface area contributed by atoms with Gasteiger partial charge in [0.15, 0.2) is 10.8 Å². The van der Waals surface area contributed by atoms with Crippen molar-refractivity contribution in [2.75, 3.05) is 0 Å². The summed E-state index contributed by atoms with van der Waals surface area (Å²) in [6.07, 6.45) is 3.32. The average molecular weight is 283 g/mol. The number of rotatable bonds is 4. The summed E-state index contributed by atoms with van der Waals surface area (Å²) in [5.74, 6) is 1.42. The second-order valence-corrected chi connectivity index (χ2v) is 5.41. The van der Waals surface area contributed by atoms with Crippen molar-refractivity contribution in [2.45, 2.75) is 13.3 Å². The van der Waals surface area contributed by atoms with Crippen LogP contribution >= 0.6 is 11.3 Å². The Labute approximate surface area is 120 Å². The summed E-state index contributed by atoms with van der Waals surface area (Å²) in [6, 6.07) is 11.8. The Balaban J connectivity index is 1.97. The van der Waals surface area contributed by atoms with Crippen LogP contribution in [-0.2, 0) is 4.79 Å². The van der Waals surface area contributed by atoms with Crippen LogP contribution < -0.4 is 0 Å². The van der Waals surface area contributed by atoms with Crippen molar-refractivity contribution in [1.82, 2.24) is 4.98 Å². The van der Waals surface area contributed by atoms with Crippen molar-refractivity contribution < 1.29 is 9.21 Å². The molecule has 0 spiro atoms. The highest BCUT2D eigenvalue weighted by atomic mass is 32.1. The topological polar surface area (TPSA) is 43.1 Å². The van der Waals surface area contributed by atoms with Crippen molar-refractivity contribution in [3.8, 4) is 10.8 Å². The zero-order chi connectivity index (χ0) is 13.9. The molecule has 3 rings (SSSR count). The Morgan fingerprint density at radius 2 is 2.15 bits per heavy atom. The third-order valence-corrected chi connectivity index (χ3v) is 4.07. The van der Waals surface area contributed by atoms with Crippen LogP contribution in [0.1, 0.15) is 19.1 Å². The van der Waals surface area contributed by atoms with Crippen molar-refractivity contribution in [3.63, 3.8) is 0 Å². The molecular formula is C16H13NO2S. The van der Waals surface area contributed by atoms with Gasteiger partial charge in [-0.3, -0.25) is 4.79 Å².